The van der Waals surface area contributed by atoms with Crippen molar-refractivity contribution in [3.05, 3.63) is 0 Å². The first kappa shape index (κ1) is 17.3. The topological polar surface area (TPSA) is 0 Å². The summed E-state index contributed by atoms with van der Waals surface area (Å²) >= 11 is 0. The molecule has 0 saturated carbocycles. The van der Waals surface area contributed by atoms with Gasteiger partial charge in [0.25, 0.3) is 0 Å². The average Bonchev–Trinajstić information content (AvgIpc) is 1.80. The van der Waals surface area contributed by atoms with Crippen LogP contribution in [0.25, 0.3) is 0 Å². The highest BCUT2D eigenvalue weighted by molar-refractivity contribution is 8.93. The Bertz CT molecular complexity index is 97.7. The van der Waals surface area contributed by atoms with Crippen LogP contribution in [0.1, 0.15) is 41.5 Å². The molecule has 0 unspecified atom stereocenters. The minimum absolute atomic E-state index is 0. The van der Waals surface area contributed by atoms with E-state index in [1.54, 1.807) is 0 Å². The molecule has 0 spiro atoms. The fourth-order valence-corrected chi connectivity index (χ4v) is 5.32. The van der Waals surface area contributed by atoms with Gasteiger partial charge in [-0.3, -0.25) is 0 Å². The van der Waals surface area contributed by atoms with Gasteiger partial charge in [-0.25, -0.2) is 0 Å². The van der Waals surface area contributed by atoms with Gasteiger partial charge in [-0.1, -0.05) is 41.5 Å². The fraction of sp³-hybridized carbons (Fsp3) is 1.00. The zero-order valence-corrected chi connectivity index (χ0v) is 13.3. The van der Waals surface area contributed by atoms with E-state index < -0.39 is 0 Å². The molecule has 0 aliphatic rings. The van der Waals surface area contributed by atoms with Crippen LogP contribution in [0.3, 0.4) is 0 Å². The van der Waals surface area contributed by atoms with Crippen LogP contribution >= 0.6 is 24.9 Å². The summed E-state index contributed by atoms with van der Waals surface area (Å²) in [5.74, 6) is 2.68. The van der Waals surface area contributed by atoms with E-state index in [0.29, 0.717) is 7.92 Å². The van der Waals surface area contributed by atoms with Crippen LogP contribution < -0.4 is 0 Å². The molecular formula is C12H28BrP. The summed E-state index contributed by atoms with van der Waals surface area (Å²) in [7, 11) is 0.321. The smallest absolute Gasteiger partial charge is 0.0302 e. The number of hydrogen-bond donors (Lipinski definition) is 0. The van der Waals surface area contributed by atoms with Crippen LogP contribution in [0.5, 0.6) is 0 Å². The van der Waals surface area contributed by atoms with Gasteiger partial charge in [0.15, 0.2) is 0 Å². The van der Waals surface area contributed by atoms with Crippen LogP contribution in [0.2, 0.25) is 0 Å². The Morgan fingerprint density at radius 3 is 1.00 bits per heavy atom. The van der Waals surface area contributed by atoms with Crippen molar-refractivity contribution in [1.29, 1.82) is 0 Å². The van der Waals surface area contributed by atoms with Crippen molar-refractivity contribution in [2.24, 2.45) is 17.8 Å². The van der Waals surface area contributed by atoms with Crippen molar-refractivity contribution in [1.82, 2.24) is 0 Å². The third-order valence-corrected chi connectivity index (χ3v) is 5.61. The second-order valence-electron chi connectivity index (χ2n) is 5.40. The van der Waals surface area contributed by atoms with E-state index in [1.165, 1.54) is 18.5 Å². The predicted molar refractivity (Wildman–Crippen MR) is 76.4 cm³/mol. The molecule has 0 aliphatic carbocycles. The van der Waals surface area contributed by atoms with Gasteiger partial charge in [-0.15, -0.1) is 24.9 Å². The molecule has 14 heavy (non-hydrogen) atoms. The third-order valence-electron chi connectivity index (χ3n) is 1.87. The first-order valence-electron chi connectivity index (χ1n) is 5.64. The number of rotatable bonds is 6. The molecule has 2 heteroatoms. The van der Waals surface area contributed by atoms with E-state index in [1.807, 2.05) is 0 Å². The lowest BCUT2D eigenvalue weighted by Gasteiger charge is -2.23. The molecule has 0 aliphatic heterocycles. The van der Waals surface area contributed by atoms with E-state index in [4.69, 9.17) is 0 Å². The molecular weight excluding hydrogens is 255 g/mol. The minimum Gasteiger partial charge on any atom is -0.114 e. The number of hydrogen-bond acceptors (Lipinski definition) is 0. The Kier molecular flexibility index (Phi) is 11.3. The number of halogens is 1. The van der Waals surface area contributed by atoms with Gasteiger partial charge in [0.2, 0.25) is 0 Å². The molecule has 0 atom stereocenters. The summed E-state index contributed by atoms with van der Waals surface area (Å²) in [5.41, 5.74) is 0. The first-order chi connectivity index (χ1) is 5.91. The zero-order valence-electron chi connectivity index (χ0n) is 10.7. The maximum Gasteiger partial charge on any atom is -0.0302 e. The molecule has 0 rings (SSSR count). The van der Waals surface area contributed by atoms with Crippen LogP contribution in [-0.2, 0) is 0 Å². The summed E-state index contributed by atoms with van der Waals surface area (Å²) < 4.78 is 0. The fourth-order valence-electron chi connectivity index (χ4n) is 1.77. The van der Waals surface area contributed by atoms with Crippen molar-refractivity contribution >= 4 is 24.9 Å². The average molecular weight is 283 g/mol. The molecule has 0 aromatic heterocycles. The third kappa shape index (κ3) is 11.0. The molecule has 0 nitrogen and oxygen atoms in total. The summed E-state index contributed by atoms with van der Waals surface area (Å²) in [6, 6.07) is 0. The van der Waals surface area contributed by atoms with Crippen LogP contribution in [0.4, 0.5) is 0 Å². The molecule has 88 valence electrons. The van der Waals surface area contributed by atoms with Gasteiger partial charge >= 0.3 is 0 Å². The highest BCUT2D eigenvalue weighted by atomic mass is 79.9. The Morgan fingerprint density at radius 1 is 0.643 bits per heavy atom. The maximum absolute atomic E-state index is 2.36. The van der Waals surface area contributed by atoms with E-state index in [-0.39, 0.29) is 17.0 Å². The second kappa shape index (κ2) is 9.16. The Morgan fingerprint density at radius 2 is 0.857 bits per heavy atom. The van der Waals surface area contributed by atoms with Crippen molar-refractivity contribution in [3.63, 3.8) is 0 Å². The van der Waals surface area contributed by atoms with Crippen LogP contribution in [0, 0.1) is 17.8 Å². The minimum atomic E-state index is 0. The highest BCUT2D eigenvalue weighted by Gasteiger charge is 2.13. The predicted octanol–water partition coefficient (Wildman–Crippen LogP) is 5.01. The lowest BCUT2D eigenvalue weighted by molar-refractivity contribution is 0.695. The SMILES string of the molecule is Br.CC(C)CP(CC(C)C)CC(C)C. The summed E-state index contributed by atoms with van der Waals surface area (Å²) in [5, 5.41) is 0. The monoisotopic (exact) mass is 282 g/mol. The van der Waals surface area contributed by atoms with Crippen LogP contribution in [-0.4, -0.2) is 18.5 Å². The summed E-state index contributed by atoms with van der Waals surface area (Å²) in [4.78, 5) is 0. The molecule has 0 aromatic rings. The molecule has 0 saturated heterocycles. The molecule has 0 aromatic carbocycles. The lowest BCUT2D eigenvalue weighted by atomic mass is 10.3. The quantitative estimate of drug-likeness (QED) is 0.601. The van der Waals surface area contributed by atoms with Crippen LogP contribution in [0.15, 0.2) is 0 Å². The highest BCUT2D eigenvalue weighted by Crippen LogP contribution is 2.41. The van der Waals surface area contributed by atoms with E-state index in [0.717, 1.165) is 17.8 Å². The lowest BCUT2D eigenvalue weighted by Crippen LogP contribution is -2.07. The maximum atomic E-state index is 2.36. The van der Waals surface area contributed by atoms with Gasteiger partial charge in [-0.2, -0.15) is 0 Å². The standard InChI is InChI=1S/C12H27P.BrH/c1-10(2)7-13(8-11(3)4)9-12(5)6;/h10-12H,7-9H2,1-6H3;1H. The Labute approximate surface area is 103 Å². The molecule has 0 radical (unpaired) electrons. The summed E-state index contributed by atoms with van der Waals surface area (Å²) in [6.07, 6.45) is 4.43. The second-order valence-corrected chi connectivity index (χ2v) is 7.84. The van der Waals surface area contributed by atoms with E-state index in [9.17, 15) is 0 Å². The molecule has 0 amide bonds. The van der Waals surface area contributed by atoms with Crippen molar-refractivity contribution in [2.45, 2.75) is 41.5 Å². The van der Waals surface area contributed by atoms with Gasteiger partial charge in [0, 0.05) is 0 Å². The normalized spacial score (nSPS) is 11.6. The largest absolute Gasteiger partial charge is 0.114 e. The molecule has 0 N–H and O–H groups in total. The molecule has 0 bridgehead atoms. The van der Waals surface area contributed by atoms with Gasteiger partial charge in [0.05, 0.1) is 0 Å². The van der Waals surface area contributed by atoms with Gasteiger partial charge < -0.3 is 0 Å². The van der Waals surface area contributed by atoms with E-state index >= 15 is 0 Å². The first-order valence-corrected chi connectivity index (χ1v) is 7.53. The van der Waals surface area contributed by atoms with Crippen molar-refractivity contribution < 1.29 is 0 Å². The van der Waals surface area contributed by atoms with E-state index in [2.05, 4.69) is 41.5 Å². The van der Waals surface area contributed by atoms with Crippen molar-refractivity contribution in [3.8, 4) is 0 Å². The Balaban J connectivity index is 0. The van der Waals surface area contributed by atoms with Gasteiger partial charge in [0.1, 0.15) is 0 Å². The van der Waals surface area contributed by atoms with Gasteiger partial charge in [-0.05, 0) is 36.2 Å². The summed E-state index contributed by atoms with van der Waals surface area (Å²) in [6.45, 7) is 14.1. The molecule has 0 heterocycles. The molecule has 0 fully saturated rings. The Hall–Kier alpha value is 0.910. The zero-order chi connectivity index (χ0) is 10.4. The van der Waals surface area contributed by atoms with Crippen molar-refractivity contribution in [2.75, 3.05) is 18.5 Å².